The molecule has 0 radical (unpaired) electrons. The maximum absolute atomic E-state index is 12.6. The number of amides is 3. The van der Waals surface area contributed by atoms with Crippen molar-refractivity contribution in [2.45, 2.75) is 19.9 Å². The van der Waals surface area contributed by atoms with Crippen LogP contribution >= 0.6 is 31.9 Å². The van der Waals surface area contributed by atoms with Crippen LogP contribution in [-0.2, 0) is 14.3 Å². The molecule has 0 spiro atoms. The van der Waals surface area contributed by atoms with Gasteiger partial charge in [0.05, 0.1) is 36.0 Å². The van der Waals surface area contributed by atoms with Gasteiger partial charge in [-0.3, -0.25) is 4.79 Å². The number of urea groups is 1. The smallest absolute Gasteiger partial charge is 0.338 e. The van der Waals surface area contributed by atoms with Crippen LogP contribution in [0.4, 0.5) is 4.79 Å². The second kappa shape index (κ2) is 14.5. The summed E-state index contributed by atoms with van der Waals surface area (Å²) in [6.07, 6.45) is 3.07. The number of nitrogens with zero attached hydrogens (tertiary/aromatic N) is 1. The summed E-state index contributed by atoms with van der Waals surface area (Å²) in [7, 11) is 1.44. The number of hydrogen-bond acceptors (Lipinski definition) is 8. The molecule has 1 aliphatic rings. The lowest BCUT2D eigenvalue weighted by Gasteiger charge is -2.28. The third-order valence-corrected chi connectivity index (χ3v) is 6.47. The summed E-state index contributed by atoms with van der Waals surface area (Å²) in [5.74, 6) is 0.0520. The van der Waals surface area contributed by atoms with E-state index in [2.05, 4.69) is 59.6 Å². The van der Waals surface area contributed by atoms with Gasteiger partial charge in [0, 0.05) is 15.7 Å². The molecule has 3 amide bonds. The van der Waals surface area contributed by atoms with Crippen molar-refractivity contribution >= 4 is 56.0 Å². The summed E-state index contributed by atoms with van der Waals surface area (Å²) >= 11 is 6.87. The molecule has 11 nitrogen and oxygen atoms in total. The minimum Gasteiger partial charge on any atom is -0.493 e. The summed E-state index contributed by atoms with van der Waals surface area (Å²) in [6, 6.07) is 7.25. The highest BCUT2D eigenvalue weighted by atomic mass is 79.9. The number of nitrogens with one attached hydrogen (secondary N) is 3. The van der Waals surface area contributed by atoms with Crippen molar-refractivity contribution in [2.24, 2.45) is 5.10 Å². The Balaban J connectivity index is 1.70. The van der Waals surface area contributed by atoms with Crippen molar-refractivity contribution in [1.82, 2.24) is 16.1 Å². The van der Waals surface area contributed by atoms with Gasteiger partial charge >= 0.3 is 12.0 Å². The van der Waals surface area contributed by atoms with Gasteiger partial charge in [-0.15, -0.1) is 0 Å². The van der Waals surface area contributed by atoms with E-state index in [0.717, 1.165) is 4.47 Å². The van der Waals surface area contributed by atoms with E-state index in [9.17, 15) is 14.4 Å². The summed E-state index contributed by atoms with van der Waals surface area (Å²) < 4.78 is 23.4. The molecule has 0 unspecified atom stereocenters. The molecule has 1 aliphatic heterocycles. The van der Waals surface area contributed by atoms with Crippen LogP contribution in [0, 0.1) is 0 Å². The van der Waals surface area contributed by atoms with Gasteiger partial charge in [0.25, 0.3) is 5.91 Å². The average Bonchev–Trinajstić information content (AvgIpc) is 2.91. The Morgan fingerprint density at radius 2 is 1.95 bits per heavy atom. The van der Waals surface area contributed by atoms with Crippen molar-refractivity contribution in [3.63, 3.8) is 0 Å². The number of hydrogen-bond donors (Lipinski definition) is 3. The molecule has 2 aromatic carbocycles. The van der Waals surface area contributed by atoms with Gasteiger partial charge in [0.15, 0.2) is 18.1 Å². The lowest BCUT2D eigenvalue weighted by Crippen LogP contribution is -2.45. The van der Waals surface area contributed by atoms with E-state index in [1.54, 1.807) is 44.2 Å². The SMILES string of the molecule is C=CCOc1c(Br)cc(Br)cc1/C=N/NC(=O)COc1ccc([C@@H]2NC(=O)NC(C)=C2C(=O)OCC)cc1OC. The van der Waals surface area contributed by atoms with Gasteiger partial charge in [-0.25, -0.2) is 15.0 Å². The van der Waals surface area contributed by atoms with Crippen molar-refractivity contribution in [2.75, 3.05) is 26.9 Å². The van der Waals surface area contributed by atoms with E-state index >= 15 is 0 Å². The molecule has 0 bridgehead atoms. The fourth-order valence-electron chi connectivity index (χ4n) is 3.73. The molecule has 0 saturated heterocycles. The van der Waals surface area contributed by atoms with Crippen LogP contribution in [0.2, 0.25) is 0 Å². The van der Waals surface area contributed by atoms with Gasteiger partial charge in [-0.2, -0.15) is 5.10 Å². The van der Waals surface area contributed by atoms with E-state index < -0.39 is 23.9 Å². The molecule has 13 heteroatoms. The maximum atomic E-state index is 12.6. The molecule has 0 aromatic heterocycles. The first-order chi connectivity index (χ1) is 19.2. The first kappa shape index (κ1) is 30.7. The summed E-state index contributed by atoms with van der Waals surface area (Å²) in [6.45, 7) is 7.09. The minimum atomic E-state index is -0.771. The zero-order valence-corrected chi connectivity index (χ0v) is 25.2. The lowest BCUT2D eigenvalue weighted by molar-refractivity contribution is -0.139. The zero-order valence-electron chi connectivity index (χ0n) is 22.0. The van der Waals surface area contributed by atoms with E-state index in [1.165, 1.54) is 13.3 Å². The maximum Gasteiger partial charge on any atom is 0.338 e. The van der Waals surface area contributed by atoms with Crippen molar-refractivity contribution in [1.29, 1.82) is 0 Å². The number of allylic oxidation sites excluding steroid dienone is 1. The Kier molecular flexibility index (Phi) is 11.1. The Morgan fingerprint density at radius 1 is 1.18 bits per heavy atom. The highest BCUT2D eigenvalue weighted by molar-refractivity contribution is 9.11. The first-order valence-corrected chi connectivity index (χ1v) is 13.6. The van der Waals surface area contributed by atoms with E-state index in [4.69, 9.17) is 18.9 Å². The number of methoxy groups -OCH3 is 1. The number of hydrazone groups is 1. The van der Waals surface area contributed by atoms with Gasteiger partial charge in [0.2, 0.25) is 0 Å². The number of carbonyl (C=O) groups is 3. The topological polar surface area (TPSA) is 137 Å². The fraction of sp³-hybridized carbons (Fsp3) is 0.259. The number of carbonyl (C=O) groups excluding carboxylic acids is 3. The average molecular weight is 680 g/mol. The molecule has 1 atom stereocenters. The Labute approximate surface area is 248 Å². The Bertz CT molecular complexity index is 1360. The van der Waals surface area contributed by atoms with Gasteiger partial charge in [-0.05, 0) is 59.6 Å². The molecule has 3 rings (SSSR count). The quantitative estimate of drug-likeness (QED) is 0.130. The van der Waals surface area contributed by atoms with Crippen molar-refractivity contribution < 1.29 is 33.3 Å². The fourth-order valence-corrected chi connectivity index (χ4v) is 5.10. The summed E-state index contributed by atoms with van der Waals surface area (Å²) in [5.41, 5.74) is 4.25. The lowest BCUT2D eigenvalue weighted by atomic mass is 9.95. The van der Waals surface area contributed by atoms with E-state index in [1.807, 2.05) is 6.07 Å². The minimum absolute atomic E-state index is 0.184. The molecule has 40 heavy (non-hydrogen) atoms. The van der Waals surface area contributed by atoms with Gasteiger partial charge < -0.3 is 29.6 Å². The predicted octanol–water partition coefficient (Wildman–Crippen LogP) is 4.51. The molecule has 3 N–H and O–H groups in total. The summed E-state index contributed by atoms with van der Waals surface area (Å²) in [5, 5.41) is 9.31. The molecule has 0 aliphatic carbocycles. The van der Waals surface area contributed by atoms with Crippen molar-refractivity contribution in [3.8, 4) is 17.2 Å². The first-order valence-electron chi connectivity index (χ1n) is 12.0. The molecule has 212 valence electrons. The van der Waals surface area contributed by atoms with Crippen LogP contribution in [0.15, 0.2) is 68.3 Å². The van der Waals surface area contributed by atoms with Crippen LogP contribution in [0.25, 0.3) is 0 Å². The third-order valence-electron chi connectivity index (χ3n) is 5.42. The monoisotopic (exact) mass is 678 g/mol. The molecule has 0 fully saturated rings. The number of ether oxygens (including phenoxy) is 4. The second-order valence-corrected chi connectivity index (χ2v) is 9.96. The number of rotatable bonds is 12. The molecule has 1 heterocycles. The van der Waals surface area contributed by atoms with Gasteiger partial charge in [-0.1, -0.05) is 34.7 Å². The van der Waals surface area contributed by atoms with Crippen LogP contribution in [0.3, 0.4) is 0 Å². The highest BCUT2D eigenvalue weighted by Crippen LogP contribution is 2.35. The highest BCUT2D eigenvalue weighted by Gasteiger charge is 2.32. The molecule has 0 saturated carbocycles. The van der Waals surface area contributed by atoms with Crippen LogP contribution in [-0.4, -0.2) is 51.1 Å². The normalized spacial score (nSPS) is 14.7. The number of halogens is 2. The molecular weight excluding hydrogens is 652 g/mol. The van der Waals surface area contributed by atoms with Crippen LogP contribution < -0.4 is 30.3 Å². The van der Waals surface area contributed by atoms with E-state index in [0.29, 0.717) is 39.4 Å². The molecular formula is C27H28Br2N4O7. The second-order valence-electron chi connectivity index (χ2n) is 8.19. The Morgan fingerprint density at radius 3 is 2.65 bits per heavy atom. The molecule has 2 aromatic rings. The Hall–Kier alpha value is -3.84. The summed E-state index contributed by atoms with van der Waals surface area (Å²) in [4.78, 5) is 37.1. The van der Waals surface area contributed by atoms with Crippen molar-refractivity contribution in [3.05, 3.63) is 74.3 Å². The van der Waals surface area contributed by atoms with Crippen LogP contribution in [0.5, 0.6) is 17.2 Å². The van der Waals surface area contributed by atoms with Gasteiger partial charge in [0.1, 0.15) is 12.4 Å². The predicted molar refractivity (Wildman–Crippen MR) is 156 cm³/mol. The number of benzene rings is 2. The standard InChI is InChI=1S/C27H28Br2N4O7/c1-5-9-39-25-17(10-18(28)12-19(25)29)13-30-33-22(34)14-40-20-8-7-16(11-21(20)37-4)24-23(26(35)38-6-2)15(3)31-27(36)32-24/h5,7-8,10-13,24H,1,6,9,14H2,2-4H3,(H,33,34)(H2,31,32,36)/b30-13+/t24-/m0/s1. The zero-order chi connectivity index (χ0) is 29.2. The third kappa shape index (κ3) is 7.85. The number of esters is 1. The van der Waals surface area contributed by atoms with E-state index in [-0.39, 0.29) is 24.5 Å². The largest absolute Gasteiger partial charge is 0.493 e. The van der Waals surface area contributed by atoms with Crippen LogP contribution in [0.1, 0.15) is 31.0 Å².